The molecule has 4 nitrogen and oxygen atoms in total. The van der Waals surface area contributed by atoms with Gasteiger partial charge in [0, 0.05) is 18.2 Å². The Labute approximate surface area is 126 Å². The fourth-order valence-electron chi connectivity index (χ4n) is 2.75. The van der Waals surface area contributed by atoms with Gasteiger partial charge in [-0.15, -0.1) is 0 Å². The predicted molar refractivity (Wildman–Crippen MR) is 84.1 cm³/mol. The number of hydrogen-bond acceptors (Lipinski definition) is 3. The molecule has 20 heavy (non-hydrogen) atoms. The van der Waals surface area contributed by atoms with Crippen molar-refractivity contribution in [1.82, 2.24) is 4.31 Å². The minimum absolute atomic E-state index is 0.0550. The summed E-state index contributed by atoms with van der Waals surface area (Å²) < 4.78 is 27.4. The van der Waals surface area contributed by atoms with Crippen molar-refractivity contribution >= 4 is 27.2 Å². The van der Waals surface area contributed by atoms with E-state index in [0.717, 1.165) is 12.8 Å². The van der Waals surface area contributed by atoms with Gasteiger partial charge in [0.1, 0.15) is 4.99 Å². The first-order valence-electron chi connectivity index (χ1n) is 6.76. The van der Waals surface area contributed by atoms with E-state index in [1.54, 1.807) is 28.6 Å². The molecule has 1 aliphatic heterocycles. The zero-order valence-electron chi connectivity index (χ0n) is 11.7. The first-order chi connectivity index (χ1) is 9.35. The Morgan fingerprint density at radius 2 is 2.05 bits per heavy atom. The van der Waals surface area contributed by atoms with Crippen LogP contribution in [0.25, 0.3) is 0 Å². The van der Waals surface area contributed by atoms with Crippen molar-refractivity contribution in [1.29, 1.82) is 0 Å². The zero-order chi connectivity index (χ0) is 14.9. The third-order valence-corrected chi connectivity index (χ3v) is 5.96. The maximum absolute atomic E-state index is 12.9. The molecule has 0 radical (unpaired) electrons. The maximum Gasteiger partial charge on any atom is 0.244 e. The van der Waals surface area contributed by atoms with Gasteiger partial charge in [-0.25, -0.2) is 8.42 Å². The molecule has 2 N–H and O–H groups in total. The summed E-state index contributed by atoms with van der Waals surface area (Å²) in [7, 11) is -3.54. The summed E-state index contributed by atoms with van der Waals surface area (Å²) in [6.07, 6.45) is 1.81. The fraction of sp³-hybridized carbons (Fsp3) is 0.500. The van der Waals surface area contributed by atoms with Gasteiger partial charge in [0.05, 0.1) is 4.90 Å². The highest BCUT2D eigenvalue weighted by molar-refractivity contribution is 7.89. The predicted octanol–water partition coefficient (Wildman–Crippen LogP) is 2.13. The molecule has 0 spiro atoms. The number of sulfonamides is 1. The van der Waals surface area contributed by atoms with Gasteiger partial charge in [-0.05, 0) is 24.8 Å². The molecular formula is C14H20N2O2S2. The number of rotatable bonds is 4. The summed E-state index contributed by atoms with van der Waals surface area (Å²) in [6, 6.07) is 6.75. The third-order valence-electron chi connectivity index (χ3n) is 3.76. The van der Waals surface area contributed by atoms with Gasteiger partial charge >= 0.3 is 0 Å². The largest absolute Gasteiger partial charge is 0.389 e. The van der Waals surface area contributed by atoms with E-state index < -0.39 is 10.0 Å². The van der Waals surface area contributed by atoms with Crippen LogP contribution in [0.15, 0.2) is 29.2 Å². The number of hydrogen-bond donors (Lipinski definition) is 1. The summed E-state index contributed by atoms with van der Waals surface area (Å²) in [4.78, 5) is 0.338. The van der Waals surface area contributed by atoms with E-state index in [1.807, 2.05) is 0 Å². The average Bonchev–Trinajstić information content (AvgIpc) is 2.88. The maximum atomic E-state index is 12.9. The van der Waals surface area contributed by atoms with Crippen LogP contribution in [0.1, 0.15) is 32.3 Å². The second-order valence-electron chi connectivity index (χ2n) is 5.43. The lowest BCUT2D eigenvalue weighted by atomic mass is 10.0. The molecule has 1 atom stereocenters. The molecule has 0 saturated carbocycles. The Hall–Kier alpha value is -0.980. The van der Waals surface area contributed by atoms with Crippen LogP contribution in [0.2, 0.25) is 0 Å². The lowest BCUT2D eigenvalue weighted by Crippen LogP contribution is -2.39. The van der Waals surface area contributed by atoms with Gasteiger partial charge < -0.3 is 5.73 Å². The van der Waals surface area contributed by atoms with Gasteiger partial charge in [0.15, 0.2) is 0 Å². The van der Waals surface area contributed by atoms with Crippen LogP contribution >= 0.6 is 12.2 Å². The highest BCUT2D eigenvalue weighted by Gasteiger charge is 2.37. The summed E-state index contributed by atoms with van der Waals surface area (Å²) in [5, 5.41) is 0. The quantitative estimate of drug-likeness (QED) is 0.865. The summed E-state index contributed by atoms with van der Waals surface area (Å²) >= 11 is 4.97. The summed E-state index contributed by atoms with van der Waals surface area (Å²) in [6.45, 7) is 4.67. The van der Waals surface area contributed by atoms with Crippen LogP contribution in [0.4, 0.5) is 0 Å². The molecule has 1 heterocycles. The van der Waals surface area contributed by atoms with Crippen molar-refractivity contribution in [2.45, 2.75) is 37.6 Å². The van der Waals surface area contributed by atoms with E-state index in [0.29, 0.717) is 18.0 Å². The van der Waals surface area contributed by atoms with Gasteiger partial charge in [0.2, 0.25) is 10.0 Å². The first kappa shape index (κ1) is 15.4. The molecule has 0 aliphatic carbocycles. The van der Waals surface area contributed by atoms with Crippen molar-refractivity contribution in [2.75, 3.05) is 6.54 Å². The lowest BCUT2D eigenvalue weighted by Gasteiger charge is -2.27. The molecule has 0 bridgehead atoms. The number of thiocarbonyl (C=S) groups is 1. The molecule has 1 aromatic carbocycles. The Bertz CT molecular complexity index is 611. The van der Waals surface area contributed by atoms with E-state index in [-0.39, 0.29) is 15.9 Å². The van der Waals surface area contributed by atoms with Crippen LogP contribution in [-0.2, 0) is 10.0 Å². The standard InChI is InChI=1S/C14H20N2O2S2/c1-10(2)12-7-5-9-16(12)20(17,18)13-8-4-3-6-11(13)14(15)19/h3-4,6,8,10,12H,5,7,9H2,1-2H3,(H2,15,19). The Morgan fingerprint density at radius 1 is 1.40 bits per heavy atom. The highest BCUT2D eigenvalue weighted by atomic mass is 32.2. The Morgan fingerprint density at radius 3 is 2.65 bits per heavy atom. The molecule has 6 heteroatoms. The first-order valence-corrected chi connectivity index (χ1v) is 8.61. The SMILES string of the molecule is CC(C)C1CCCN1S(=O)(=O)c1ccccc1C(N)=S. The van der Waals surface area contributed by atoms with Gasteiger partial charge in [-0.2, -0.15) is 4.31 Å². The molecule has 0 amide bonds. The number of benzene rings is 1. The van der Waals surface area contributed by atoms with Crippen LogP contribution in [-0.4, -0.2) is 30.3 Å². The van der Waals surface area contributed by atoms with Crippen molar-refractivity contribution in [2.24, 2.45) is 11.7 Å². The summed E-state index contributed by atoms with van der Waals surface area (Å²) in [5.41, 5.74) is 6.08. The van der Waals surface area contributed by atoms with Gasteiger partial charge in [-0.3, -0.25) is 0 Å². The second-order valence-corrected chi connectivity index (χ2v) is 7.73. The third kappa shape index (κ3) is 2.73. The molecule has 1 aromatic rings. The van der Waals surface area contributed by atoms with Crippen molar-refractivity contribution in [3.8, 4) is 0 Å². The van der Waals surface area contributed by atoms with E-state index in [9.17, 15) is 8.42 Å². The normalized spacial score (nSPS) is 20.4. The van der Waals surface area contributed by atoms with Crippen molar-refractivity contribution in [3.63, 3.8) is 0 Å². The molecule has 0 aromatic heterocycles. The molecule has 1 aliphatic rings. The van der Waals surface area contributed by atoms with Crippen LogP contribution < -0.4 is 5.73 Å². The zero-order valence-corrected chi connectivity index (χ0v) is 13.4. The average molecular weight is 312 g/mol. The molecule has 1 fully saturated rings. The topological polar surface area (TPSA) is 63.4 Å². The van der Waals surface area contributed by atoms with E-state index >= 15 is 0 Å². The van der Waals surface area contributed by atoms with E-state index in [4.69, 9.17) is 18.0 Å². The molecule has 110 valence electrons. The van der Waals surface area contributed by atoms with Gasteiger partial charge in [-0.1, -0.05) is 44.3 Å². The van der Waals surface area contributed by atoms with Crippen LogP contribution in [0, 0.1) is 5.92 Å². The number of nitrogens with zero attached hydrogens (tertiary/aromatic N) is 1. The lowest BCUT2D eigenvalue weighted by molar-refractivity contribution is 0.315. The Kier molecular flexibility index (Phi) is 4.46. The highest BCUT2D eigenvalue weighted by Crippen LogP contribution is 2.31. The molecule has 1 unspecified atom stereocenters. The second kappa shape index (κ2) is 5.79. The Balaban J connectivity index is 2.48. The molecular weight excluding hydrogens is 292 g/mol. The number of nitrogens with two attached hydrogens (primary N) is 1. The molecule has 1 saturated heterocycles. The van der Waals surface area contributed by atoms with Crippen LogP contribution in [0.3, 0.4) is 0 Å². The van der Waals surface area contributed by atoms with Gasteiger partial charge in [0.25, 0.3) is 0 Å². The van der Waals surface area contributed by atoms with Crippen molar-refractivity contribution < 1.29 is 8.42 Å². The van der Waals surface area contributed by atoms with Crippen LogP contribution in [0.5, 0.6) is 0 Å². The fourth-order valence-corrected chi connectivity index (χ4v) is 5.03. The minimum Gasteiger partial charge on any atom is -0.389 e. The minimum atomic E-state index is -3.54. The van der Waals surface area contributed by atoms with E-state index in [1.165, 1.54) is 0 Å². The van der Waals surface area contributed by atoms with Crippen molar-refractivity contribution in [3.05, 3.63) is 29.8 Å². The summed E-state index contributed by atoms with van der Waals surface area (Å²) in [5.74, 6) is 0.296. The smallest absolute Gasteiger partial charge is 0.244 e. The monoisotopic (exact) mass is 312 g/mol. The molecule has 2 rings (SSSR count). The van der Waals surface area contributed by atoms with E-state index in [2.05, 4.69) is 13.8 Å².